The van der Waals surface area contributed by atoms with Gasteiger partial charge in [-0.05, 0) is 56.0 Å². The summed E-state index contributed by atoms with van der Waals surface area (Å²) < 4.78 is 26.9. The van der Waals surface area contributed by atoms with Crippen LogP contribution in [0.1, 0.15) is 24.8 Å². The maximum atomic E-state index is 13.5. The average Bonchev–Trinajstić information content (AvgIpc) is 2.76. The average molecular weight is 506 g/mol. The van der Waals surface area contributed by atoms with Gasteiger partial charge in [-0.3, -0.25) is 9.59 Å². The summed E-state index contributed by atoms with van der Waals surface area (Å²) in [5.41, 5.74) is 1.50. The lowest BCUT2D eigenvalue weighted by atomic mass is 9.44. The number of carbonyl (C=O) groups is 2. The Morgan fingerprint density at radius 3 is 2.65 bits per heavy atom. The fraction of sp³-hybridized carbons (Fsp3) is 0.417. The van der Waals surface area contributed by atoms with Gasteiger partial charge in [0.05, 0.1) is 17.3 Å². The Morgan fingerprint density at radius 2 is 1.94 bits per heavy atom. The summed E-state index contributed by atoms with van der Waals surface area (Å²) in [6.07, 6.45) is 3.38. The number of amides is 2. The molecule has 0 aromatic heterocycles. The lowest BCUT2D eigenvalue weighted by Gasteiger charge is -2.70. The predicted octanol–water partition coefficient (Wildman–Crippen LogP) is 3.62. The van der Waals surface area contributed by atoms with E-state index in [2.05, 4.69) is 21.0 Å². The molecule has 7 nitrogen and oxygen atoms in total. The second-order valence-corrected chi connectivity index (χ2v) is 10.5. The summed E-state index contributed by atoms with van der Waals surface area (Å²) in [6, 6.07) is 9.96. The Labute approximate surface area is 206 Å². The first-order valence-electron chi connectivity index (χ1n) is 11.0. The van der Waals surface area contributed by atoms with Crippen LogP contribution in [0.5, 0.6) is 11.5 Å². The first kappa shape index (κ1) is 23.1. The molecule has 3 fully saturated rings. The highest BCUT2D eigenvalue weighted by atomic mass is 35.5. The van der Waals surface area contributed by atoms with Gasteiger partial charge in [0.25, 0.3) is 11.8 Å². The van der Waals surface area contributed by atoms with Crippen molar-refractivity contribution in [1.29, 1.82) is 0 Å². The van der Waals surface area contributed by atoms with Gasteiger partial charge in [0.15, 0.2) is 12.7 Å². The minimum absolute atomic E-state index is 0.00268. The van der Waals surface area contributed by atoms with E-state index in [0.717, 1.165) is 17.3 Å². The van der Waals surface area contributed by atoms with Gasteiger partial charge < -0.3 is 24.4 Å². The van der Waals surface area contributed by atoms with Gasteiger partial charge in [-0.25, -0.2) is 4.39 Å². The number of hydrogen-bond acceptors (Lipinski definition) is 6. The molecule has 1 atom stereocenters. The number of hydrogen-bond donors (Lipinski definition) is 2. The second kappa shape index (κ2) is 8.53. The van der Waals surface area contributed by atoms with E-state index < -0.39 is 11.9 Å². The Kier molecular flexibility index (Phi) is 5.80. The number of benzene rings is 2. The Morgan fingerprint density at radius 1 is 1.21 bits per heavy atom. The molecule has 3 saturated carbocycles. The van der Waals surface area contributed by atoms with Crippen LogP contribution in [0.2, 0.25) is 5.02 Å². The van der Waals surface area contributed by atoms with Crippen LogP contribution in [-0.2, 0) is 9.59 Å². The third-order valence-electron chi connectivity index (χ3n) is 6.58. The van der Waals surface area contributed by atoms with Crippen molar-refractivity contribution in [2.24, 2.45) is 0 Å². The van der Waals surface area contributed by atoms with Gasteiger partial charge in [-0.1, -0.05) is 29.6 Å². The molecule has 6 rings (SSSR count). The van der Waals surface area contributed by atoms with Crippen molar-refractivity contribution in [2.75, 3.05) is 23.7 Å². The monoisotopic (exact) mass is 505 g/mol. The first-order chi connectivity index (χ1) is 16.2. The Balaban J connectivity index is 1.11. The number of nitrogens with zero attached hydrogens (tertiary/aromatic N) is 1. The number of carbonyl (C=O) groups excluding carboxylic acids is 2. The van der Waals surface area contributed by atoms with Crippen molar-refractivity contribution in [3.05, 3.63) is 52.8 Å². The van der Waals surface area contributed by atoms with Crippen LogP contribution in [0.4, 0.5) is 10.1 Å². The summed E-state index contributed by atoms with van der Waals surface area (Å²) in [7, 11) is 0. The van der Waals surface area contributed by atoms with E-state index in [-0.39, 0.29) is 40.3 Å². The Hall–Kier alpha value is -2.65. The molecule has 2 aromatic carbocycles. The number of fused-ring (bicyclic) bond motifs is 1. The van der Waals surface area contributed by atoms with Crippen molar-refractivity contribution >= 4 is 41.1 Å². The van der Waals surface area contributed by atoms with Crippen LogP contribution >= 0.6 is 23.5 Å². The summed E-state index contributed by atoms with van der Waals surface area (Å²) in [5.74, 6) is -0.0841. The molecule has 2 amide bonds. The Bertz CT molecular complexity index is 1140. The van der Waals surface area contributed by atoms with Crippen molar-refractivity contribution in [1.82, 2.24) is 10.6 Å². The van der Waals surface area contributed by atoms with E-state index in [1.165, 1.54) is 12.1 Å². The van der Waals surface area contributed by atoms with Gasteiger partial charge >= 0.3 is 0 Å². The summed E-state index contributed by atoms with van der Waals surface area (Å²) >= 11 is 7.22. The van der Waals surface area contributed by atoms with Crippen molar-refractivity contribution in [3.63, 3.8) is 0 Å². The molecule has 1 unspecified atom stereocenters. The number of ether oxygens (including phenoxy) is 2. The molecule has 3 aliphatic carbocycles. The maximum Gasteiger partial charge on any atom is 0.263 e. The maximum absolute atomic E-state index is 13.5. The molecule has 4 aliphatic rings. The molecule has 1 heterocycles. The molecular weight excluding hydrogens is 481 g/mol. The fourth-order valence-corrected chi connectivity index (χ4v) is 5.85. The molecule has 2 bridgehead atoms. The minimum atomic E-state index is -0.601. The van der Waals surface area contributed by atoms with Crippen molar-refractivity contribution in [2.45, 2.75) is 43.4 Å². The van der Waals surface area contributed by atoms with Crippen molar-refractivity contribution < 1.29 is 23.5 Å². The molecule has 1 aliphatic heterocycles. The van der Waals surface area contributed by atoms with Gasteiger partial charge in [0, 0.05) is 23.4 Å². The van der Waals surface area contributed by atoms with Crippen LogP contribution in [0.15, 0.2) is 36.4 Å². The predicted molar refractivity (Wildman–Crippen MR) is 129 cm³/mol. The van der Waals surface area contributed by atoms with E-state index in [1.807, 2.05) is 25.3 Å². The summed E-state index contributed by atoms with van der Waals surface area (Å²) in [5, 5.41) is 6.13. The highest BCUT2D eigenvalue weighted by Crippen LogP contribution is 2.60. The number of rotatable bonds is 7. The topological polar surface area (TPSA) is 79.9 Å². The number of halogens is 2. The summed E-state index contributed by atoms with van der Waals surface area (Å²) in [4.78, 5) is 25.3. The van der Waals surface area contributed by atoms with Crippen LogP contribution in [-0.4, -0.2) is 48.4 Å². The number of anilines is 1. The normalized spacial score (nSPS) is 26.4. The highest BCUT2D eigenvalue weighted by molar-refractivity contribution is 8.00. The number of nitrogens with one attached hydrogen (secondary N) is 2. The van der Waals surface area contributed by atoms with Gasteiger partial charge in [-0.2, -0.15) is 0 Å². The lowest BCUT2D eigenvalue weighted by Crippen LogP contribution is -2.84. The molecule has 2 N–H and O–H groups in total. The van der Waals surface area contributed by atoms with E-state index in [1.54, 1.807) is 11.9 Å². The van der Waals surface area contributed by atoms with Gasteiger partial charge in [0.2, 0.25) is 0 Å². The zero-order valence-electron chi connectivity index (χ0n) is 18.8. The smallest absolute Gasteiger partial charge is 0.263 e. The van der Waals surface area contributed by atoms with Crippen LogP contribution in [0, 0.1) is 12.7 Å². The van der Waals surface area contributed by atoms with E-state index in [9.17, 15) is 14.0 Å². The number of aryl methyl sites for hydroxylation is 1. The molecule has 180 valence electrons. The lowest BCUT2D eigenvalue weighted by molar-refractivity contribution is -0.153. The van der Waals surface area contributed by atoms with E-state index in [4.69, 9.17) is 21.1 Å². The standard InChI is InChI=1S/C24H25ClFN3O4S/c1-14-3-6-19-18(7-14)29(34-2)9-20(33-19)22(31)28-24-11-23(12-24,13-24)27-21(30)10-32-15-4-5-16(25)17(26)8-15/h3-8,20H,9-13H2,1-2H3,(H,27,30)(H,28,31). The van der Waals surface area contributed by atoms with Gasteiger partial charge in [-0.15, -0.1) is 0 Å². The van der Waals surface area contributed by atoms with Crippen LogP contribution in [0.3, 0.4) is 0 Å². The van der Waals surface area contributed by atoms with E-state index >= 15 is 0 Å². The molecular formula is C24H25ClFN3O4S. The molecule has 0 saturated heterocycles. The fourth-order valence-electron chi connectivity index (χ4n) is 5.11. The van der Waals surface area contributed by atoms with Crippen LogP contribution in [0.25, 0.3) is 0 Å². The third kappa shape index (κ3) is 4.27. The van der Waals surface area contributed by atoms with Gasteiger partial charge in [0.1, 0.15) is 17.3 Å². The molecule has 2 aromatic rings. The molecule has 0 spiro atoms. The SMILES string of the molecule is CSN1CC(C(=O)NC23CC(NC(=O)COc4ccc(Cl)c(F)c4)(C2)C3)Oc2ccc(C)cc21. The molecule has 10 heteroatoms. The second-order valence-electron chi connectivity index (χ2n) is 9.31. The van der Waals surface area contributed by atoms with Crippen molar-refractivity contribution in [3.8, 4) is 11.5 Å². The highest BCUT2D eigenvalue weighted by Gasteiger charge is 2.69. The molecule has 0 radical (unpaired) electrons. The summed E-state index contributed by atoms with van der Waals surface area (Å²) in [6.45, 7) is 2.27. The zero-order valence-corrected chi connectivity index (χ0v) is 20.4. The minimum Gasteiger partial charge on any atom is -0.484 e. The molecule has 34 heavy (non-hydrogen) atoms. The third-order valence-corrected chi connectivity index (χ3v) is 7.67. The van der Waals surface area contributed by atoms with Crippen LogP contribution < -0.4 is 24.4 Å². The van der Waals surface area contributed by atoms with E-state index in [0.29, 0.717) is 31.6 Å². The largest absolute Gasteiger partial charge is 0.484 e. The first-order valence-corrected chi connectivity index (χ1v) is 12.6. The zero-order chi connectivity index (χ0) is 24.1. The quantitative estimate of drug-likeness (QED) is 0.560.